The maximum atomic E-state index is 12.5. The summed E-state index contributed by atoms with van der Waals surface area (Å²) in [5, 5.41) is 12.6. The summed E-state index contributed by atoms with van der Waals surface area (Å²) in [4.78, 5) is 34.7. The summed E-state index contributed by atoms with van der Waals surface area (Å²) in [6, 6.07) is 6.62. The van der Waals surface area contributed by atoms with Gasteiger partial charge in [-0.3, -0.25) is 9.59 Å². The van der Waals surface area contributed by atoms with Crippen LogP contribution in [0.3, 0.4) is 0 Å². The highest BCUT2D eigenvalue weighted by atomic mass is 16.3. The molecule has 1 saturated heterocycles. The van der Waals surface area contributed by atoms with E-state index in [1.807, 2.05) is 13.0 Å². The van der Waals surface area contributed by atoms with Crippen molar-refractivity contribution >= 4 is 17.6 Å². The first-order valence-electron chi connectivity index (χ1n) is 8.21. The zero-order valence-electron chi connectivity index (χ0n) is 14.0. The summed E-state index contributed by atoms with van der Waals surface area (Å²) in [7, 11) is 0. The lowest BCUT2D eigenvalue weighted by atomic mass is 9.96. The molecule has 0 aliphatic carbocycles. The highest BCUT2D eigenvalue weighted by Gasteiger charge is 2.30. The van der Waals surface area contributed by atoms with Crippen LogP contribution in [0.1, 0.15) is 28.9 Å². The van der Waals surface area contributed by atoms with Crippen LogP contribution in [0.15, 0.2) is 36.7 Å². The summed E-state index contributed by atoms with van der Waals surface area (Å²) in [5.41, 5.74) is 1.03. The molecule has 0 radical (unpaired) electrons. The fourth-order valence-corrected chi connectivity index (χ4v) is 2.86. The Labute approximate surface area is 145 Å². The van der Waals surface area contributed by atoms with Crippen molar-refractivity contribution < 1.29 is 14.7 Å². The average Bonchev–Trinajstić information content (AvgIpc) is 2.63. The molecule has 0 spiro atoms. The van der Waals surface area contributed by atoms with Crippen LogP contribution in [0, 0.1) is 12.8 Å². The van der Waals surface area contributed by atoms with Gasteiger partial charge in [0, 0.05) is 25.5 Å². The van der Waals surface area contributed by atoms with Crippen molar-refractivity contribution in [1.82, 2.24) is 14.9 Å². The molecule has 1 atom stereocenters. The average molecular weight is 340 g/mol. The van der Waals surface area contributed by atoms with Gasteiger partial charge in [0.15, 0.2) is 5.69 Å². The van der Waals surface area contributed by atoms with Crippen molar-refractivity contribution in [3.8, 4) is 5.75 Å². The molecule has 1 aliphatic heterocycles. The maximum Gasteiger partial charge on any atom is 0.276 e. The fraction of sp³-hybridized carbons (Fsp3) is 0.333. The minimum atomic E-state index is -0.357. The number of nitrogens with one attached hydrogen (secondary N) is 1. The van der Waals surface area contributed by atoms with Crippen molar-refractivity contribution in [3.63, 3.8) is 0 Å². The van der Waals surface area contributed by atoms with E-state index in [2.05, 4.69) is 15.3 Å². The number of rotatable bonds is 3. The summed E-state index contributed by atoms with van der Waals surface area (Å²) in [5.74, 6) is -0.473. The second-order valence-electron chi connectivity index (χ2n) is 6.17. The van der Waals surface area contributed by atoms with Crippen LogP contribution < -0.4 is 5.32 Å². The van der Waals surface area contributed by atoms with Crippen LogP contribution in [0.25, 0.3) is 0 Å². The van der Waals surface area contributed by atoms with Gasteiger partial charge in [0.05, 0.1) is 5.92 Å². The SMILES string of the molecule is Cc1ccc(NC(=O)C2CCCN(C(=O)c3ncccc3O)C2)nc1. The minimum absolute atomic E-state index is 0.0174. The third kappa shape index (κ3) is 3.93. The van der Waals surface area contributed by atoms with E-state index in [-0.39, 0.29) is 29.2 Å². The summed E-state index contributed by atoms with van der Waals surface area (Å²) in [6.45, 7) is 2.77. The van der Waals surface area contributed by atoms with E-state index >= 15 is 0 Å². The van der Waals surface area contributed by atoms with Crippen LogP contribution in [0.2, 0.25) is 0 Å². The van der Waals surface area contributed by atoms with Gasteiger partial charge < -0.3 is 15.3 Å². The number of carbonyl (C=O) groups excluding carboxylic acids is 2. The largest absolute Gasteiger partial charge is 0.505 e. The number of aromatic hydroxyl groups is 1. The predicted molar refractivity (Wildman–Crippen MR) is 92.1 cm³/mol. The van der Waals surface area contributed by atoms with E-state index in [9.17, 15) is 14.7 Å². The van der Waals surface area contributed by atoms with Crippen LogP contribution >= 0.6 is 0 Å². The van der Waals surface area contributed by atoms with Crippen molar-refractivity contribution in [2.24, 2.45) is 5.92 Å². The number of aryl methyl sites for hydroxylation is 1. The Kier molecular flexibility index (Phi) is 4.92. The number of hydrogen-bond donors (Lipinski definition) is 2. The lowest BCUT2D eigenvalue weighted by molar-refractivity contribution is -0.121. The molecule has 1 fully saturated rings. The first-order chi connectivity index (χ1) is 12.0. The lowest BCUT2D eigenvalue weighted by Crippen LogP contribution is -2.44. The van der Waals surface area contributed by atoms with Crippen LogP contribution in [0.4, 0.5) is 5.82 Å². The molecule has 7 heteroatoms. The Morgan fingerprint density at radius 1 is 1.28 bits per heavy atom. The number of likely N-dealkylation sites (tertiary alicyclic amines) is 1. The van der Waals surface area contributed by atoms with Gasteiger partial charge in [-0.05, 0) is 43.5 Å². The smallest absolute Gasteiger partial charge is 0.276 e. The second-order valence-corrected chi connectivity index (χ2v) is 6.17. The molecule has 3 rings (SSSR count). The second kappa shape index (κ2) is 7.29. The van der Waals surface area contributed by atoms with Gasteiger partial charge in [-0.1, -0.05) is 6.07 Å². The van der Waals surface area contributed by atoms with Crippen molar-refractivity contribution in [2.45, 2.75) is 19.8 Å². The number of hydrogen-bond acceptors (Lipinski definition) is 5. The quantitative estimate of drug-likeness (QED) is 0.891. The predicted octanol–water partition coefficient (Wildman–Crippen LogP) is 1.98. The highest BCUT2D eigenvalue weighted by molar-refractivity contribution is 5.96. The molecule has 25 heavy (non-hydrogen) atoms. The highest BCUT2D eigenvalue weighted by Crippen LogP contribution is 2.22. The number of carbonyl (C=O) groups is 2. The number of nitrogens with zero attached hydrogens (tertiary/aromatic N) is 3. The monoisotopic (exact) mass is 340 g/mol. The Morgan fingerprint density at radius 2 is 2.12 bits per heavy atom. The Bertz CT molecular complexity index is 776. The molecule has 2 amide bonds. The third-order valence-corrected chi connectivity index (χ3v) is 4.23. The molecule has 0 aromatic carbocycles. The molecule has 1 aliphatic rings. The topological polar surface area (TPSA) is 95.4 Å². The molecule has 2 aromatic heterocycles. The summed E-state index contributed by atoms with van der Waals surface area (Å²) < 4.78 is 0. The number of amides is 2. The van der Waals surface area contributed by atoms with Gasteiger partial charge in [-0.15, -0.1) is 0 Å². The Morgan fingerprint density at radius 3 is 2.84 bits per heavy atom. The van der Waals surface area contributed by atoms with Crippen LogP contribution in [0.5, 0.6) is 5.75 Å². The molecule has 130 valence electrons. The first kappa shape index (κ1) is 16.9. The molecular formula is C18H20N4O3. The third-order valence-electron chi connectivity index (χ3n) is 4.23. The van der Waals surface area contributed by atoms with Crippen LogP contribution in [-0.4, -0.2) is 44.9 Å². The lowest BCUT2D eigenvalue weighted by Gasteiger charge is -2.31. The van der Waals surface area contributed by atoms with E-state index in [1.54, 1.807) is 23.2 Å². The van der Waals surface area contributed by atoms with E-state index in [0.29, 0.717) is 25.3 Å². The van der Waals surface area contributed by atoms with Crippen molar-refractivity contribution in [2.75, 3.05) is 18.4 Å². The van der Waals surface area contributed by atoms with E-state index in [4.69, 9.17) is 0 Å². The molecule has 1 unspecified atom stereocenters. The molecule has 7 nitrogen and oxygen atoms in total. The molecule has 2 aromatic rings. The number of aromatic nitrogens is 2. The van der Waals surface area contributed by atoms with E-state index in [0.717, 1.165) is 12.0 Å². The zero-order chi connectivity index (χ0) is 17.8. The first-order valence-corrected chi connectivity index (χ1v) is 8.21. The Balaban J connectivity index is 1.66. The summed E-state index contributed by atoms with van der Waals surface area (Å²) >= 11 is 0. The van der Waals surface area contributed by atoms with Gasteiger partial charge in [-0.25, -0.2) is 9.97 Å². The molecule has 2 N–H and O–H groups in total. The van der Waals surface area contributed by atoms with Gasteiger partial charge in [0.25, 0.3) is 5.91 Å². The van der Waals surface area contributed by atoms with Gasteiger partial charge >= 0.3 is 0 Å². The number of pyridine rings is 2. The molecule has 0 bridgehead atoms. The summed E-state index contributed by atoms with van der Waals surface area (Å²) in [6.07, 6.45) is 4.58. The number of piperidine rings is 1. The normalized spacial score (nSPS) is 17.2. The number of anilines is 1. The van der Waals surface area contributed by atoms with Crippen LogP contribution in [-0.2, 0) is 4.79 Å². The van der Waals surface area contributed by atoms with Gasteiger partial charge in [0.1, 0.15) is 11.6 Å². The van der Waals surface area contributed by atoms with E-state index < -0.39 is 0 Å². The zero-order valence-corrected chi connectivity index (χ0v) is 14.0. The molecular weight excluding hydrogens is 320 g/mol. The molecule has 0 saturated carbocycles. The standard InChI is InChI=1S/C18H20N4O3/c1-12-6-7-15(20-10-12)21-17(24)13-4-3-9-22(11-13)18(25)16-14(23)5-2-8-19-16/h2,5-8,10,13,23H,3-4,9,11H2,1H3,(H,20,21,24). The minimum Gasteiger partial charge on any atom is -0.505 e. The van der Waals surface area contributed by atoms with E-state index in [1.165, 1.54) is 12.3 Å². The Hall–Kier alpha value is -2.96. The maximum absolute atomic E-state index is 12.5. The van der Waals surface area contributed by atoms with Crippen molar-refractivity contribution in [3.05, 3.63) is 47.9 Å². The van der Waals surface area contributed by atoms with Crippen molar-refractivity contribution in [1.29, 1.82) is 0 Å². The fourth-order valence-electron chi connectivity index (χ4n) is 2.86. The van der Waals surface area contributed by atoms with Gasteiger partial charge in [0.2, 0.25) is 5.91 Å². The molecule has 3 heterocycles. The van der Waals surface area contributed by atoms with Gasteiger partial charge in [-0.2, -0.15) is 0 Å².